The highest BCUT2D eigenvalue weighted by molar-refractivity contribution is 7.84. The molecule has 0 bridgehead atoms. The van der Waals surface area contributed by atoms with Gasteiger partial charge in [-0.25, -0.2) is 0 Å². The first kappa shape index (κ1) is 36.0. The summed E-state index contributed by atoms with van der Waals surface area (Å²) in [6, 6.07) is 6.42. The third-order valence-corrected chi connectivity index (χ3v) is 5.56. The van der Waals surface area contributed by atoms with Crippen LogP contribution in [0.5, 0.6) is 0 Å². The van der Waals surface area contributed by atoms with Crippen LogP contribution in [0.4, 0.5) is 0 Å². The van der Waals surface area contributed by atoms with E-state index in [1.807, 2.05) is 0 Å². The minimum Gasteiger partial charge on any atom is -0.378 e. The number of hydrogen-bond donors (Lipinski definition) is 4. The summed E-state index contributed by atoms with van der Waals surface area (Å²) in [7, 11) is -0.851. The van der Waals surface area contributed by atoms with Crippen LogP contribution in [0.1, 0.15) is 20.7 Å². The summed E-state index contributed by atoms with van der Waals surface area (Å²) in [6.45, 7) is 7.28. The minimum absolute atomic E-state index is 0.242. The topological polar surface area (TPSA) is 169 Å². The molecule has 1 unspecified atom stereocenters. The van der Waals surface area contributed by atoms with Crippen LogP contribution in [-0.4, -0.2) is 134 Å². The van der Waals surface area contributed by atoms with Gasteiger partial charge < -0.3 is 50.1 Å². The number of amides is 2. The quantitative estimate of drug-likeness (QED) is 0.0940. The molecule has 0 aliphatic carbocycles. The monoisotopic (exact) mass is 590 g/mol. The third kappa shape index (κ3) is 20.8. The fourth-order valence-corrected chi connectivity index (χ4v) is 3.41. The van der Waals surface area contributed by atoms with Gasteiger partial charge in [-0.2, -0.15) is 0 Å². The highest BCUT2D eigenvalue weighted by Crippen LogP contribution is 2.04. The van der Waals surface area contributed by atoms with Crippen LogP contribution < -0.4 is 21.7 Å². The van der Waals surface area contributed by atoms with Crippen molar-refractivity contribution in [1.29, 1.82) is 0 Å². The largest absolute Gasteiger partial charge is 0.378 e. The molecule has 40 heavy (non-hydrogen) atoms. The van der Waals surface area contributed by atoms with E-state index in [9.17, 15) is 13.8 Å². The Morgan fingerprint density at radius 3 is 1.35 bits per heavy atom. The Kier molecular flexibility index (Phi) is 23.3. The first-order valence-electron chi connectivity index (χ1n) is 13.4. The molecule has 0 aliphatic rings. The maximum atomic E-state index is 12.3. The van der Waals surface area contributed by atoms with Crippen molar-refractivity contribution in [2.75, 3.05) is 118 Å². The first-order valence-corrected chi connectivity index (χ1v) is 15.1. The standard InChI is InChI=1S/C26H46N4O9S/c1-40(33)22-28-7-11-35-15-19-39-21-17-37-13-9-30-26(32)24-4-2-23(3-5-24)25(31)29-8-12-36-16-20-38-18-14-34-10-6-27/h2-5,28H,6-22,27H2,1H3,(H,29,31)(H,30,32). The predicted molar refractivity (Wildman–Crippen MR) is 152 cm³/mol. The van der Waals surface area contributed by atoms with Gasteiger partial charge >= 0.3 is 0 Å². The second-order valence-electron chi connectivity index (χ2n) is 8.27. The Labute approximate surface area is 239 Å². The second kappa shape index (κ2) is 25.9. The van der Waals surface area contributed by atoms with Gasteiger partial charge in [0.25, 0.3) is 11.8 Å². The summed E-state index contributed by atoms with van der Waals surface area (Å²) >= 11 is 0. The van der Waals surface area contributed by atoms with E-state index in [1.54, 1.807) is 30.5 Å². The van der Waals surface area contributed by atoms with Crippen LogP contribution in [0.3, 0.4) is 0 Å². The second-order valence-corrected chi connectivity index (χ2v) is 9.70. The van der Waals surface area contributed by atoms with E-state index >= 15 is 0 Å². The van der Waals surface area contributed by atoms with E-state index < -0.39 is 10.8 Å². The smallest absolute Gasteiger partial charge is 0.251 e. The Morgan fingerprint density at radius 2 is 0.975 bits per heavy atom. The van der Waals surface area contributed by atoms with Crippen molar-refractivity contribution in [3.05, 3.63) is 35.4 Å². The SMILES string of the molecule is CS(=O)CNCCOCCOCCOCCNC(=O)c1ccc(C(=O)NCCOCCOCCOCCN)cc1. The van der Waals surface area contributed by atoms with Gasteiger partial charge in [0.05, 0.1) is 85.2 Å². The van der Waals surface area contributed by atoms with Crippen LogP contribution in [-0.2, 0) is 39.2 Å². The van der Waals surface area contributed by atoms with Crippen LogP contribution >= 0.6 is 0 Å². The molecule has 0 spiro atoms. The fourth-order valence-electron chi connectivity index (χ4n) is 2.98. The Bertz CT molecular complexity index is 803. The molecule has 2 amide bonds. The normalized spacial score (nSPS) is 11.8. The number of rotatable bonds is 27. The number of ether oxygens (including phenoxy) is 6. The van der Waals surface area contributed by atoms with Crippen molar-refractivity contribution in [2.24, 2.45) is 5.73 Å². The molecule has 5 N–H and O–H groups in total. The summed E-state index contributed by atoms with van der Waals surface area (Å²) in [4.78, 5) is 24.5. The van der Waals surface area contributed by atoms with Gasteiger partial charge in [0.2, 0.25) is 0 Å². The van der Waals surface area contributed by atoms with Crippen molar-refractivity contribution >= 4 is 22.6 Å². The maximum Gasteiger partial charge on any atom is 0.251 e. The lowest BCUT2D eigenvalue weighted by Gasteiger charge is -2.09. The first-order chi connectivity index (χ1) is 19.5. The van der Waals surface area contributed by atoms with Crippen molar-refractivity contribution in [3.8, 4) is 0 Å². The lowest BCUT2D eigenvalue weighted by molar-refractivity contribution is 0.0159. The lowest BCUT2D eigenvalue weighted by Crippen LogP contribution is -2.29. The number of nitrogens with two attached hydrogens (primary N) is 1. The molecule has 1 aromatic rings. The highest BCUT2D eigenvalue weighted by atomic mass is 32.2. The van der Waals surface area contributed by atoms with Gasteiger partial charge in [-0.1, -0.05) is 0 Å². The molecule has 0 fully saturated rings. The van der Waals surface area contributed by atoms with Crippen LogP contribution in [0.2, 0.25) is 0 Å². The molecular formula is C26H46N4O9S. The molecule has 230 valence electrons. The number of hydrogen-bond acceptors (Lipinski definition) is 11. The average Bonchev–Trinajstić information content (AvgIpc) is 2.95. The van der Waals surface area contributed by atoms with Crippen LogP contribution in [0.15, 0.2) is 24.3 Å². The van der Waals surface area contributed by atoms with E-state index in [-0.39, 0.29) is 11.8 Å². The molecule has 0 radical (unpaired) electrons. The van der Waals surface area contributed by atoms with Gasteiger partial charge in [0.1, 0.15) is 0 Å². The molecule has 1 aromatic carbocycles. The molecule has 0 saturated carbocycles. The Hall–Kier alpha value is -2.01. The Morgan fingerprint density at radius 1 is 0.625 bits per heavy atom. The van der Waals surface area contributed by atoms with Crippen LogP contribution in [0, 0.1) is 0 Å². The molecular weight excluding hydrogens is 544 g/mol. The van der Waals surface area contributed by atoms with E-state index in [1.165, 1.54) is 0 Å². The van der Waals surface area contributed by atoms with Gasteiger partial charge in [0, 0.05) is 54.4 Å². The lowest BCUT2D eigenvalue weighted by atomic mass is 10.1. The number of benzene rings is 1. The third-order valence-electron chi connectivity index (χ3n) is 4.95. The number of carbonyl (C=O) groups is 2. The summed E-state index contributed by atoms with van der Waals surface area (Å²) in [6.07, 6.45) is 1.64. The zero-order chi connectivity index (χ0) is 29.1. The van der Waals surface area contributed by atoms with E-state index in [2.05, 4.69) is 16.0 Å². The molecule has 1 rings (SSSR count). The summed E-state index contributed by atoms with van der Waals surface area (Å²) < 4.78 is 43.1. The molecule has 0 saturated heterocycles. The van der Waals surface area contributed by atoms with Gasteiger partial charge in [-0.15, -0.1) is 0 Å². The summed E-state index contributed by atoms with van der Waals surface area (Å²) in [5.41, 5.74) is 6.23. The van der Waals surface area contributed by atoms with Gasteiger partial charge in [-0.05, 0) is 24.3 Å². The summed E-state index contributed by atoms with van der Waals surface area (Å²) in [5, 5.41) is 8.57. The molecule has 14 heteroatoms. The van der Waals surface area contributed by atoms with Gasteiger partial charge in [-0.3, -0.25) is 13.8 Å². The molecule has 0 aliphatic heterocycles. The van der Waals surface area contributed by atoms with Gasteiger partial charge in [0.15, 0.2) is 0 Å². The average molecular weight is 591 g/mol. The predicted octanol–water partition coefficient (Wildman–Crippen LogP) is -0.870. The van der Waals surface area contributed by atoms with Crippen LogP contribution in [0.25, 0.3) is 0 Å². The van der Waals surface area contributed by atoms with E-state index in [0.29, 0.717) is 122 Å². The minimum atomic E-state index is -0.851. The number of carbonyl (C=O) groups excluding carboxylic acids is 2. The van der Waals surface area contributed by atoms with Crippen molar-refractivity contribution in [1.82, 2.24) is 16.0 Å². The fraction of sp³-hybridized carbons (Fsp3) is 0.692. The molecule has 0 aromatic heterocycles. The Balaban J connectivity index is 1.99. The molecule has 0 heterocycles. The molecule has 1 atom stereocenters. The van der Waals surface area contributed by atoms with Crippen molar-refractivity contribution < 1.29 is 42.2 Å². The highest BCUT2D eigenvalue weighted by Gasteiger charge is 2.08. The summed E-state index contributed by atoms with van der Waals surface area (Å²) in [5.74, 6) is -0.0229. The van der Waals surface area contributed by atoms with E-state index in [0.717, 1.165) is 0 Å². The maximum absolute atomic E-state index is 12.3. The zero-order valence-electron chi connectivity index (χ0n) is 23.5. The van der Waals surface area contributed by atoms with E-state index in [4.69, 9.17) is 34.2 Å². The van der Waals surface area contributed by atoms with Crippen molar-refractivity contribution in [2.45, 2.75) is 0 Å². The number of nitrogens with one attached hydrogen (secondary N) is 3. The molecule has 13 nitrogen and oxygen atoms in total. The van der Waals surface area contributed by atoms with Crippen molar-refractivity contribution in [3.63, 3.8) is 0 Å². The zero-order valence-corrected chi connectivity index (χ0v) is 24.3.